The molecule has 2 bridgehead atoms. The number of nitrogens with zero attached hydrogens (tertiary/aromatic N) is 3. The zero-order chi connectivity index (χ0) is 50.0. The van der Waals surface area contributed by atoms with Crippen molar-refractivity contribution in [2.75, 3.05) is 9.80 Å². The lowest BCUT2D eigenvalue weighted by atomic mass is 9.34. The third-order valence-corrected chi connectivity index (χ3v) is 18.7. The zero-order valence-electron chi connectivity index (χ0n) is 44.7. The molecule has 2 aliphatic carbocycles. The van der Waals surface area contributed by atoms with Gasteiger partial charge in [-0.05, 0) is 164 Å². The SMILES string of the molecule is CC(C)(C)c1ccc(N2c3ccc(C(C)(C)C)cc3B3c4c2cc(C2CC5CCC2C5)cc4N(c2ccc(C(C)(C)C)cc2)c2c3n(-c3ccc(C(C)(C)C)cc3)c3ccc4c5ccccc5sc4c23)cc1. The molecule has 9 aromatic rings. The summed E-state index contributed by atoms with van der Waals surface area (Å²) in [6.45, 7) is 28.0. The van der Waals surface area contributed by atoms with Crippen LogP contribution in [-0.4, -0.2) is 11.3 Å². The number of hydrogen-bond donors (Lipinski definition) is 0. The maximum absolute atomic E-state index is 2.75. The highest BCUT2D eigenvalue weighted by molar-refractivity contribution is 7.26. The number of hydrogen-bond acceptors (Lipinski definition) is 3. The predicted molar refractivity (Wildman–Crippen MR) is 313 cm³/mol. The first kappa shape index (κ1) is 45.8. The molecule has 0 radical (unpaired) electrons. The average molecular weight is 960 g/mol. The molecule has 2 saturated carbocycles. The molecule has 7 aromatic carbocycles. The van der Waals surface area contributed by atoms with E-state index in [1.807, 2.05) is 11.3 Å². The molecule has 2 aromatic heterocycles. The van der Waals surface area contributed by atoms with E-state index < -0.39 is 0 Å². The van der Waals surface area contributed by atoms with Crippen LogP contribution in [-0.2, 0) is 21.7 Å². The Balaban J connectivity index is 1.21. The minimum absolute atomic E-state index is 0.0214. The molecule has 362 valence electrons. The van der Waals surface area contributed by atoms with Crippen molar-refractivity contribution in [1.29, 1.82) is 0 Å². The zero-order valence-corrected chi connectivity index (χ0v) is 45.5. The van der Waals surface area contributed by atoms with Gasteiger partial charge in [-0.15, -0.1) is 11.3 Å². The van der Waals surface area contributed by atoms with Crippen molar-refractivity contribution in [2.45, 2.75) is 136 Å². The Morgan fingerprint density at radius 3 is 1.62 bits per heavy atom. The molecule has 13 rings (SSSR count). The van der Waals surface area contributed by atoms with E-state index in [0.717, 1.165) is 11.8 Å². The van der Waals surface area contributed by atoms with Crippen LogP contribution in [0.4, 0.5) is 34.1 Å². The summed E-state index contributed by atoms with van der Waals surface area (Å²) in [6, 6.07) is 55.7. The van der Waals surface area contributed by atoms with Crippen molar-refractivity contribution < 1.29 is 0 Å². The summed E-state index contributed by atoms with van der Waals surface area (Å²) in [5, 5.41) is 4.01. The van der Waals surface area contributed by atoms with Gasteiger partial charge in [0.1, 0.15) is 0 Å². The van der Waals surface area contributed by atoms with Crippen molar-refractivity contribution in [3.63, 3.8) is 0 Å². The molecule has 72 heavy (non-hydrogen) atoms. The van der Waals surface area contributed by atoms with E-state index in [9.17, 15) is 0 Å². The topological polar surface area (TPSA) is 11.4 Å². The third kappa shape index (κ3) is 7.03. The van der Waals surface area contributed by atoms with Crippen molar-refractivity contribution in [3.05, 3.63) is 167 Å². The molecule has 0 saturated heterocycles. The third-order valence-electron chi connectivity index (χ3n) is 17.5. The van der Waals surface area contributed by atoms with Gasteiger partial charge in [-0.3, -0.25) is 0 Å². The molecule has 2 aliphatic heterocycles. The second-order valence-corrected chi connectivity index (χ2v) is 27.3. The summed E-state index contributed by atoms with van der Waals surface area (Å²) in [7, 11) is 0. The van der Waals surface area contributed by atoms with Crippen LogP contribution in [0.15, 0.2) is 140 Å². The second-order valence-electron chi connectivity index (χ2n) is 26.3. The Kier molecular flexibility index (Phi) is 10.0. The fraction of sp³-hybridized carbons (Fsp3) is 0.343. The van der Waals surface area contributed by atoms with E-state index >= 15 is 0 Å². The molecule has 4 aliphatic rings. The second kappa shape index (κ2) is 15.7. The smallest absolute Gasteiger partial charge is 0.273 e. The number of aromatic nitrogens is 1. The molecular formula is C67H70BN3S. The summed E-state index contributed by atoms with van der Waals surface area (Å²) in [5.74, 6) is 2.10. The normalized spacial score (nSPS) is 18.7. The van der Waals surface area contributed by atoms with Gasteiger partial charge >= 0.3 is 0 Å². The van der Waals surface area contributed by atoms with Crippen LogP contribution in [0.3, 0.4) is 0 Å². The van der Waals surface area contributed by atoms with Gasteiger partial charge in [0.15, 0.2) is 0 Å². The van der Waals surface area contributed by atoms with Crippen LogP contribution >= 0.6 is 11.3 Å². The number of thiophene rings is 1. The minimum atomic E-state index is -0.0642. The lowest BCUT2D eigenvalue weighted by Gasteiger charge is -2.45. The van der Waals surface area contributed by atoms with Crippen LogP contribution in [0.2, 0.25) is 0 Å². The van der Waals surface area contributed by atoms with Crippen molar-refractivity contribution in [3.8, 4) is 5.69 Å². The van der Waals surface area contributed by atoms with Gasteiger partial charge in [0.25, 0.3) is 6.71 Å². The van der Waals surface area contributed by atoms with Gasteiger partial charge in [-0.1, -0.05) is 162 Å². The first-order valence-corrected chi connectivity index (χ1v) is 27.8. The monoisotopic (exact) mass is 960 g/mol. The van der Waals surface area contributed by atoms with Gasteiger partial charge in [-0.25, -0.2) is 0 Å². The van der Waals surface area contributed by atoms with Gasteiger partial charge in [-0.2, -0.15) is 0 Å². The molecule has 0 spiro atoms. The Morgan fingerprint density at radius 2 is 1.06 bits per heavy atom. The fourth-order valence-electron chi connectivity index (χ4n) is 13.5. The van der Waals surface area contributed by atoms with E-state index in [0.29, 0.717) is 5.92 Å². The van der Waals surface area contributed by atoms with E-state index in [1.165, 1.54) is 141 Å². The molecule has 2 fully saturated rings. The molecule has 3 nitrogen and oxygen atoms in total. The van der Waals surface area contributed by atoms with Crippen molar-refractivity contribution >= 4 is 99.8 Å². The van der Waals surface area contributed by atoms with Crippen molar-refractivity contribution in [1.82, 2.24) is 4.57 Å². The van der Waals surface area contributed by atoms with Gasteiger partial charge < -0.3 is 14.4 Å². The Bertz CT molecular complexity index is 3640. The summed E-state index contributed by atoms with van der Waals surface area (Å²) in [5.41, 5.74) is 21.2. The molecule has 5 heteroatoms. The lowest BCUT2D eigenvalue weighted by molar-refractivity contribution is 0.420. The maximum Gasteiger partial charge on any atom is 0.273 e. The maximum atomic E-state index is 2.75. The molecule has 3 atom stereocenters. The number of rotatable bonds is 4. The molecule has 4 heterocycles. The number of fused-ring (bicyclic) bond motifs is 12. The van der Waals surface area contributed by atoms with Gasteiger partial charge in [0, 0.05) is 65.3 Å². The highest BCUT2D eigenvalue weighted by Gasteiger charge is 2.49. The van der Waals surface area contributed by atoms with E-state index in [2.05, 4.69) is 237 Å². The van der Waals surface area contributed by atoms with Crippen LogP contribution in [0.25, 0.3) is 36.8 Å². The van der Waals surface area contributed by atoms with Crippen LogP contribution < -0.4 is 26.3 Å². The molecular weight excluding hydrogens is 890 g/mol. The number of anilines is 6. The highest BCUT2D eigenvalue weighted by Crippen LogP contribution is 2.56. The van der Waals surface area contributed by atoms with Crippen LogP contribution in [0.5, 0.6) is 0 Å². The Hall–Kier alpha value is -6.04. The average Bonchev–Trinajstić information content (AvgIpc) is 4.15. The molecule has 3 unspecified atom stereocenters. The summed E-state index contributed by atoms with van der Waals surface area (Å²) >= 11 is 1.96. The van der Waals surface area contributed by atoms with Crippen molar-refractivity contribution in [2.24, 2.45) is 11.8 Å². The molecule has 0 amide bonds. The first-order valence-electron chi connectivity index (χ1n) is 27.0. The fourth-order valence-corrected chi connectivity index (χ4v) is 14.8. The minimum Gasteiger partial charge on any atom is -0.319 e. The summed E-state index contributed by atoms with van der Waals surface area (Å²) in [4.78, 5) is 5.42. The van der Waals surface area contributed by atoms with Crippen LogP contribution in [0, 0.1) is 11.8 Å². The quantitative estimate of drug-likeness (QED) is 0.163. The highest BCUT2D eigenvalue weighted by atomic mass is 32.1. The van der Waals surface area contributed by atoms with E-state index in [1.54, 1.807) is 0 Å². The first-order chi connectivity index (χ1) is 34.2. The van der Waals surface area contributed by atoms with E-state index in [4.69, 9.17) is 0 Å². The molecule has 0 N–H and O–H groups in total. The lowest BCUT2D eigenvalue weighted by Crippen LogP contribution is -2.63. The van der Waals surface area contributed by atoms with Crippen LogP contribution in [0.1, 0.15) is 143 Å². The van der Waals surface area contributed by atoms with Gasteiger partial charge in [0.2, 0.25) is 0 Å². The predicted octanol–water partition coefficient (Wildman–Crippen LogP) is 17.2. The number of benzene rings is 7. The standard InChI is InChI=1S/C67H70BN3S/c1-64(2,3)43-19-26-47(27-20-43)69-54-33-25-46(67(10,11)12)39-53(54)68-60-56(69)37-42(52-36-40-17-18-41(52)35-40)38-57(60)70(48-28-21-44(22-29-48)65(4,5)6)61-59-55(34-32-51-50-15-13-14-16-58(50)72-62(51)59)71(63(61)68)49-30-23-45(24-31-49)66(7,8)9/h13-16,19-34,37-41,52H,17-18,35-36H2,1-12H3. The van der Waals surface area contributed by atoms with E-state index in [-0.39, 0.29) is 28.4 Å². The summed E-state index contributed by atoms with van der Waals surface area (Å²) in [6.07, 6.45) is 5.38. The Morgan fingerprint density at radius 1 is 0.500 bits per heavy atom. The Labute approximate surface area is 433 Å². The largest absolute Gasteiger partial charge is 0.319 e. The summed E-state index contributed by atoms with van der Waals surface area (Å²) < 4.78 is 5.39. The van der Waals surface area contributed by atoms with Gasteiger partial charge in [0.05, 0.1) is 11.2 Å².